The molecule has 1 rings (SSSR count). The van der Waals surface area contributed by atoms with Crippen LogP contribution in [0, 0.1) is 11.3 Å². The Morgan fingerprint density at radius 3 is 2.00 bits per heavy atom. The second kappa shape index (κ2) is 2.78. The van der Waals surface area contributed by atoms with Crippen molar-refractivity contribution in [1.82, 2.24) is 4.90 Å². The Bertz CT molecular complexity index is 124. The van der Waals surface area contributed by atoms with E-state index in [1.807, 2.05) is 0 Å². The summed E-state index contributed by atoms with van der Waals surface area (Å²) in [6.45, 7) is 10.7. The van der Waals surface area contributed by atoms with Gasteiger partial charge in [-0.15, -0.1) is 0 Å². The number of hydrogen-bond acceptors (Lipinski definition) is 1. The molecular weight excluding hydrogens is 134 g/mol. The lowest BCUT2D eigenvalue weighted by Crippen LogP contribution is -2.39. The summed E-state index contributed by atoms with van der Waals surface area (Å²) in [4.78, 5) is 2.50. The van der Waals surface area contributed by atoms with Crippen molar-refractivity contribution in [2.24, 2.45) is 11.3 Å². The highest BCUT2D eigenvalue weighted by atomic mass is 15.2. The van der Waals surface area contributed by atoms with E-state index in [9.17, 15) is 0 Å². The van der Waals surface area contributed by atoms with Crippen molar-refractivity contribution >= 4 is 0 Å². The van der Waals surface area contributed by atoms with Crippen molar-refractivity contribution in [2.45, 2.75) is 40.2 Å². The first-order chi connectivity index (χ1) is 4.93. The third kappa shape index (κ3) is 1.76. The molecule has 0 aromatic carbocycles. The fraction of sp³-hybridized carbons (Fsp3) is 1.00. The highest BCUT2D eigenvalue weighted by Crippen LogP contribution is 2.35. The van der Waals surface area contributed by atoms with Crippen molar-refractivity contribution in [3.63, 3.8) is 0 Å². The molecule has 1 fully saturated rings. The van der Waals surface area contributed by atoms with E-state index in [2.05, 4.69) is 39.6 Å². The van der Waals surface area contributed by atoms with E-state index in [4.69, 9.17) is 0 Å². The van der Waals surface area contributed by atoms with E-state index >= 15 is 0 Å². The van der Waals surface area contributed by atoms with Gasteiger partial charge in [0.2, 0.25) is 0 Å². The first kappa shape index (κ1) is 9.05. The van der Waals surface area contributed by atoms with Crippen LogP contribution in [0.3, 0.4) is 0 Å². The molecule has 0 aliphatic carbocycles. The van der Waals surface area contributed by atoms with Gasteiger partial charge in [0, 0.05) is 6.04 Å². The molecule has 0 bridgehead atoms. The lowest BCUT2D eigenvalue weighted by atomic mass is 9.80. The minimum Gasteiger partial charge on any atom is -0.303 e. The zero-order chi connectivity index (χ0) is 8.65. The first-order valence-electron chi connectivity index (χ1n) is 4.63. The fourth-order valence-electron chi connectivity index (χ4n) is 2.65. The monoisotopic (exact) mass is 155 g/mol. The molecule has 1 aliphatic rings. The summed E-state index contributed by atoms with van der Waals surface area (Å²) in [7, 11) is 2.25. The highest BCUT2D eigenvalue weighted by molar-refractivity contribution is 4.90. The third-order valence-electron chi connectivity index (χ3n) is 2.84. The fourth-order valence-corrected chi connectivity index (χ4v) is 2.65. The zero-order valence-corrected chi connectivity index (χ0v) is 8.52. The summed E-state index contributed by atoms with van der Waals surface area (Å²) in [6.07, 6.45) is 1.37. The molecule has 0 N–H and O–H groups in total. The van der Waals surface area contributed by atoms with Crippen LogP contribution in [0.25, 0.3) is 0 Å². The van der Waals surface area contributed by atoms with E-state index in [1.165, 1.54) is 13.0 Å². The molecule has 2 atom stereocenters. The Hall–Kier alpha value is -0.0400. The van der Waals surface area contributed by atoms with E-state index in [0.717, 1.165) is 12.0 Å². The summed E-state index contributed by atoms with van der Waals surface area (Å²) >= 11 is 0. The van der Waals surface area contributed by atoms with Gasteiger partial charge in [0.25, 0.3) is 0 Å². The maximum Gasteiger partial charge on any atom is 0.0167 e. The van der Waals surface area contributed by atoms with Crippen LogP contribution in [-0.2, 0) is 0 Å². The van der Waals surface area contributed by atoms with Crippen LogP contribution in [0.4, 0.5) is 0 Å². The van der Waals surface area contributed by atoms with Gasteiger partial charge in [-0.05, 0) is 31.3 Å². The number of likely N-dealkylation sites (tertiary alicyclic amines) is 1. The van der Waals surface area contributed by atoms with Crippen molar-refractivity contribution < 1.29 is 0 Å². The van der Waals surface area contributed by atoms with Crippen LogP contribution < -0.4 is 0 Å². The summed E-state index contributed by atoms with van der Waals surface area (Å²) in [6, 6.07) is 0.780. The van der Waals surface area contributed by atoms with Gasteiger partial charge in [-0.2, -0.15) is 0 Å². The standard InChI is InChI=1S/C10H21N/c1-8-6-7-11(5)9(8)10(2,3)4/h8-9H,6-7H2,1-5H3. The van der Waals surface area contributed by atoms with Gasteiger partial charge in [0.1, 0.15) is 0 Å². The summed E-state index contributed by atoms with van der Waals surface area (Å²) < 4.78 is 0. The third-order valence-corrected chi connectivity index (χ3v) is 2.84. The average Bonchev–Trinajstić information content (AvgIpc) is 2.08. The summed E-state index contributed by atoms with van der Waals surface area (Å²) in [5, 5.41) is 0. The molecule has 0 saturated carbocycles. The van der Waals surface area contributed by atoms with E-state index in [-0.39, 0.29) is 0 Å². The summed E-state index contributed by atoms with van der Waals surface area (Å²) in [5.41, 5.74) is 0.449. The minimum absolute atomic E-state index is 0.449. The van der Waals surface area contributed by atoms with Crippen LogP contribution in [-0.4, -0.2) is 24.5 Å². The van der Waals surface area contributed by atoms with Crippen LogP contribution in [0.1, 0.15) is 34.1 Å². The maximum atomic E-state index is 2.50. The van der Waals surface area contributed by atoms with Crippen LogP contribution in [0.2, 0.25) is 0 Å². The van der Waals surface area contributed by atoms with Gasteiger partial charge < -0.3 is 4.90 Å². The molecule has 1 aliphatic heterocycles. The summed E-state index contributed by atoms with van der Waals surface area (Å²) in [5.74, 6) is 0.875. The lowest BCUT2D eigenvalue weighted by molar-refractivity contribution is 0.140. The molecule has 2 unspecified atom stereocenters. The molecule has 1 saturated heterocycles. The number of hydrogen-bond donors (Lipinski definition) is 0. The highest BCUT2D eigenvalue weighted by Gasteiger charge is 2.36. The van der Waals surface area contributed by atoms with Crippen LogP contribution >= 0.6 is 0 Å². The van der Waals surface area contributed by atoms with Crippen molar-refractivity contribution in [2.75, 3.05) is 13.6 Å². The van der Waals surface area contributed by atoms with Crippen LogP contribution in [0.15, 0.2) is 0 Å². The zero-order valence-electron chi connectivity index (χ0n) is 8.52. The van der Waals surface area contributed by atoms with Crippen LogP contribution in [0.5, 0.6) is 0 Å². The maximum absolute atomic E-state index is 2.50. The topological polar surface area (TPSA) is 3.24 Å². The Balaban J connectivity index is 2.69. The van der Waals surface area contributed by atoms with Gasteiger partial charge in [0.15, 0.2) is 0 Å². The smallest absolute Gasteiger partial charge is 0.0167 e. The first-order valence-corrected chi connectivity index (χ1v) is 4.63. The molecule has 0 radical (unpaired) electrons. The van der Waals surface area contributed by atoms with Gasteiger partial charge in [-0.3, -0.25) is 0 Å². The average molecular weight is 155 g/mol. The number of rotatable bonds is 0. The van der Waals surface area contributed by atoms with Gasteiger partial charge in [-0.25, -0.2) is 0 Å². The Labute approximate surface area is 70.8 Å². The van der Waals surface area contributed by atoms with E-state index in [1.54, 1.807) is 0 Å². The minimum atomic E-state index is 0.449. The van der Waals surface area contributed by atoms with Gasteiger partial charge in [0.05, 0.1) is 0 Å². The molecule has 0 aromatic heterocycles. The molecule has 0 amide bonds. The Morgan fingerprint density at radius 1 is 1.27 bits per heavy atom. The normalized spacial score (nSPS) is 34.6. The van der Waals surface area contributed by atoms with Gasteiger partial charge in [-0.1, -0.05) is 27.7 Å². The predicted octanol–water partition coefficient (Wildman–Crippen LogP) is 2.37. The second-order valence-corrected chi connectivity index (χ2v) is 5.06. The molecule has 0 spiro atoms. The molecule has 66 valence electrons. The van der Waals surface area contributed by atoms with Crippen molar-refractivity contribution in [1.29, 1.82) is 0 Å². The predicted molar refractivity (Wildman–Crippen MR) is 49.7 cm³/mol. The second-order valence-electron chi connectivity index (χ2n) is 5.06. The quantitative estimate of drug-likeness (QED) is 0.519. The molecular formula is C10H21N. The lowest BCUT2D eigenvalue weighted by Gasteiger charge is -2.35. The van der Waals surface area contributed by atoms with Crippen molar-refractivity contribution in [3.05, 3.63) is 0 Å². The Kier molecular flexibility index (Phi) is 2.29. The Morgan fingerprint density at radius 2 is 1.82 bits per heavy atom. The molecule has 0 aromatic rings. The number of nitrogens with zero attached hydrogens (tertiary/aromatic N) is 1. The van der Waals surface area contributed by atoms with Gasteiger partial charge >= 0.3 is 0 Å². The molecule has 1 heteroatoms. The van der Waals surface area contributed by atoms with Crippen molar-refractivity contribution in [3.8, 4) is 0 Å². The van der Waals surface area contributed by atoms with E-state index < -0.39 is 0 Å². The molecule has 1 nitrogen and oxygen atoms in total. The molecule has 11 heavy (non-hydrogen) atoms. The largest absolute Gasteiger partial charge is 0.303 e. The molecule has 1 heterocycles. The SMILES string of the molecule is CC1CCN(C)C1C(C)(C)C. The van der Waals surface area contributed by atoms with E-state index in [0.29, 0.717) is 5.41 Å².